The lowest BCUT2D eigenvalue weighted by molar-refractivity contribution is -0.141. The largest absolute Gasteiger partial charge is 0.480 e. The van der Waals surface area contributed by atoms with Crippen molar-refractivity contribution in [1.29, 1.82) is 0 Å². The van der Waals surface area contributed by atoms with E-state index in [-0.39, 0.29) is 17.0 Å². The summed E-state index contributed by atoms with van der Waals surface area (Å²) in [5.74, 6) is 0.355. The van der Waals surface area contributed by atoms with E-state index in [1.165, 1.54) is 0 Å². The maximum atomic E-state index is 11.7. The Morgan fingerprint density at radius 3 is 1.84 bits per heavy atom. The van der Waals surface area contributed by atoms with Gasteiger partial charge < -0.3 is 9.84 Å². The van der Waals surface area contributed by atoms with Crippen molar-refractivity contribution >= 4 is 23.0 Å². The summed E-state index contributed by atoms with van der Waals surface area (Å²) in [4.78, 5) is 11.7. The SMILES string of the molecule is Br.CC1(C(=O)O)c2ccccc2Oc2ccccc21. The minimum atomic E-state index is -1.06. The van der Waals surface area contributed by atoms with Gasteiger partial charge in [-0.2, -0.15) is 0 Å². The predicted molar refractivity (Wildman–Crippen MR) is 77.4 cm³/mol. The molecule has 0 unspecified atom stereocenters. The minimum absolute atomic E-state index is 0. The molecule has 3 rings (SSSR count). The Kier molecular flexibility index (Phi) is 3.37. The summed E-state index contributed by atoms with van der Waals surface area (Å²) in [5, 5.41) is 9.64. The first-order valence-electron chi connectivity index (χ1n) is 5.74. The zero-order valence-electron chi connectivity index (χ0n) is 10.3. The van der Waals surface area contributed by atoms with Crippen LogP contribution in [0.15, 0.2) is 48.5 Å². The molecule has 0 bridgehead atoms. The van der Waals surface area contributed by atoms with E-state index in [4.69, 9.17) is 4.74 Å². The third-order valence-electron chi connectivity index (χ3n) is 3.50. The van der Waals surface area contributed by atoms with E-state index in [0.29, 0.717) is 22.6 Å². The van der Waals surface area contributed by atoms with Crippen molar-refractivity contribution in [2.24, 2.45) is 0 Å². The first-order valence-corrected chi connectivity index (χ1v) is 5.74. The van der Waals surface area contributed by atoms with Gasteiger partial charge in [-0.1, -0.05) is 36.4 Å². The van der Waals surface area contributed by atoms with Gasteiger partial charge in [0.05, 0.1) is 0 Å². The Morgan fingerprint density at radius 2 is 1.42 bits per heavy atom. The second-order valence-electron chi connectivity index (χ2n) is 4.52. The highest BCUT2D eigenvalue weighted by molar-refractivity contribution is 8.93. The highest BCUT2D eigenvalue weighted by Crippen LogP contribution is 2.47. The summed E-state index contributed by atoms with van der Waals surface area (Å²) < 4.78 is 5.76. The van der Waals surface area contributed by atoms with Crippen molar-refractivity contribution < 1.29 is 14.6 Å². The van der Waals surface area contributed by atoms with Gasteiger partial charge in [0.1, 0.15) is 16.9 Å². The highest BCUT2D eigenvalue weighted by Gasteiger charge is 2.44. The summed E-state index contributed by atoms with van der Waals surface area (Å²) in [6, 6.07) is 14.6. The Morgan fingerprint density at radius 1 is 1.00 bits per heavy atom. The molecule has 4 heteroatoms. The molecule has 0 amide bonds. The molecule has 0 radical (unpaired) electrons. The van der Waals surface area contributed by atoms with Crippen LogP contribution in [0.3, 0.4) is 0 Å². The van der Waals surface area contributed by atoms with Crippen molar-refractivity contribution in [1.82, 2.24) is 0 Å². The number of hydrogen-bond acceptors (Lipinski definition) is 2. The molecular weight excluding hydrogens is 308 g/mol. The number of rotatable bonds is 1. The number of ether oxygens (including phenoxy) is 1. The lowest BCUT2D eigenvalue weighted by Gasteiger charge is -2.33. The topological polar surface area (TPSA) is 46.5 Å². The average molecular weight is 321 g/mol. The van der Waals surface area contributed by atoms with E-state index in [2.05, 4.69) is 0 Å². The van der Waals surface area contributed by atoms with Crippen LogP contribution in [0, 0.1) is 0 Å². The van der Waals surface area contributed by atoms with Gasteiger partial charge in [0.25, 0.3) is 0 Å². The van der Waals surface area contributed by atoms with Crippen LogP contribution in [0.2, 0.25) is 0 Å². The third kappa shape index (κ3) is 1.83. The van der Waals surface area contributed by atoms with Gasteiger partial charge in [-0.25, -0.2) is 0 Å². The number of hydrogen-bond donors (Lipinski definition) is 1. The fourth-order valence-electron chi connectivity index (χ4n) is 2.43. The molecule has 0 fully saturated rings. The lowest BCUT2D eigenvalue weighted by atomic mass is 9.74. The molecule has 0 atom stereocenters. The van der Waals surface area contributed by atoms with E-state index >= 15 is 0 Å². The van der Waals surface area contributed by atoms with E-state index in [0.717, 1.165) is 0 Å². The molecule has 0 aromatic heterocycles. The number of para-hydroxylation sites is 2. The highest BCUT2D eigenvalue weighted by atomic mass is 79.9. The van der Waals surface area contributed by atoms with Crippen LogP contribution in [-0.2, 0) is 10.2 Å². The summed E-state index contributed by atoms with van der Waals surface area (Å²) in [7, 11) is 0. The van der Waals surface area contributed by atoms with E-state index in [1.54, 1.807) is 31.2 Å². The summed E-state index contributed by atoms with van der Waals surface area (Å²) in [6.45, 7) is 1.72. The molecule has 1 heterocycles. The van der Waals surface area contributed by atoms with Crippen molar-refractivity contribution in [3.05, 3.63) is 59.7 Å². The van der Waals surface area contributed by atoms with Crippen LogP contribution in [0.1, 0.15) is 18.1 Å². The molecule has 2 aromatic carbocycles. The Balaban J connectivity index is 0.00000133. The van der Waals surface area contributed by atoms with E-state index in [1.807, 2.05) is 24.3 Å². The quantitative estimate of drug-likeness (QED) is 0.870. The lowest BCUT2D eigenvalue weighted by Crippen LogP contribution is -2.36. The van der Waals surface area contributed by atoms with Crippen molar-refractivity contribution in [3.63, 3.8) is 0 Å². The second-order valence-corrected chi connectivity index (χ2v) is 4.52. The Hall–Kier alpha value is -1.81. The fraction of sp³-hybridized carbons (Fsp3) is 0.133. The third-order valence-corrected chi connectivity index (χ3v) is 3.50. The summed E-state index contributed by atoms with van der Waals surface area (Å²) in [6.07, 6.45) is 0. The Bertz CT molecular complexity index is 591. The smallest absolute Gasteiger partial charge is 0.318 e. The zero-order chi connectivity index (χ0) is 12.8. The first kappa shape index (κ1) is 13.6. The molecule has 0 aliphatic carbocycles. The van der Waals surface area contributed by atoms with E-state index in [9.17, 15) is 9.90 Å². The van der Waals surface area contributed by atoms with Crippen molar-refractivity contribution in [3.8, 4) is 11.5 Å². The van der Waals surface area contributed by atoms with Gasteiger partial charge in [-0.15, -0.1) is 17.0 Å². The zero-order valence-corrected chi connectivity index (χ0v) is 12.0. The predicted octanol–water partition coefficient (Wildman–Crippen LogP) is 3.76. The van der Waals surface area contributed by atoms with Crippen molar-refractivity contribution in [2.75, 3.05) is 0 Å². The van der Waals surface area contributed by atoms with Gasteiger partial charge in [0.2, 0.25) is 0 Å². The van der Waals surface area contributed by atoms with Gasteiger partial charge in [-0.05, 0) is 19.1 Å². The molecule has 1 N–H and O–H groups in total. The molecule has 0 spiro atoms. The number of halogens is 1. The number of carbonyl (C=O) groups is 1. The second kappa shape index (κ2) is 4.70. The van der Waals surface area contributed by atoms with E-state index < -0.39 is 11.4 Å². The molecule has 0 saturated carbocycles. The maximum Gasteiger partial charge on any atom is 0.318 e. The molecule has 1 aliphatic rings. The molecule has 0 saturated heterocycles. The van der Waals surface area contributed by atoms with Crippen molar-refractivity contribution in [2.45, 2.75) is 12.3 Å². The average Bonchev–Trinajstić information content (AvgIpc) is 2.39. The van der Waals surface area contributed by atoms with Gasteiger partial charge in [0, 0.05) is 11.1 Å². The molecule has 2 aromatic rings. The van der Waals surface area contributed by atoms with Crippen LogP contribution in [0.25, 0.3) is 0 Å². The van der Waals surface area contributed by atoms with Crippen LogP contribution in [-0.4, -0.2) is 11.1 Å². The maximum absolute atomic E-state index is 11.7. The summed E-state index contributed by atoms with van der Waals surface area (Å²) >= 11 is 0. The van der Waals surface area contributed by atoms with Gasteiger partial charge >= 0.3 is 5.97 Å². The molecule has 19 heavy (non-hydrogen) atoms. The Labute approximate surface area is 121 Å². The standard InChI is InChI=1S/C15H12O3.BrH/c1-15(14(16)17)10-6-2-4-8-12(10)18-13-9-5-3-7-11(13)15;/h2-9H,1H3,(H,16,17);1H. The van der Waals surface area contributed by atoms with Crippen LogP contribution in [0.5, 0.6) is 11.5 Å². The van der Waals surface area contributed by atoms with Crippen LogP contribution < -0.4 is 4.74 Å². The number of aliphatic carboxylic acids is 1. The summed E-state index contributed by atoms with van der Waals surface area (Å²) in [5.41, 5.74) is 0.318. The fourth-order valence-corrected chi connectivity index (χ4v) is 2.43. The molecular formula is C15H13BrO3. The number of fused-ring (bicyclic) bond motifs is 2. The monoisotopic (exact) mass is 320 g/mol. The van der Waals surface area contributed by atoms with Crippen LogP contribution in [0.4, 0.5) is 0 Å². The minimum Gasteiger partial charge on any atom is -0.480 e. The first-order chi connectivity index (χ1) is 8.64. The van der Waals surface area contributed by atoms with Gasteiger partial charge in [-0.3, -0.25) is 4.79 Å². The van der Waals surface area contributed by atoms with Gasteiger partial charge in [0.15, 0.2) is 0 Å². The van der Waals surface area contributed by atoms with Crippen LogP contribution >= 0.6 is 17.0 Å². The molecule has 3 nitrogen and oxygen atoms in total. The molecule has 98 valence electrons. The normalized spacial score (nSPS) is 14.4. The number of benzene rings is 2. The number of carboxylic acids is 1. The molecule has 1 aliphatic heterocycles. The number of carboxylic acid groups (broad SMARTS) is 1.